The van der Waals surface area contributed by atoms with E-state index >= 15 is 0 Å². The Morgan fingerprint density at radius 2 is 2.27 bits per heavy atom. The molecule has 0 aromatic carbocycles. The van der Waals surface area contributed by atoms with Crippen molar-refractivity contribution in [1.29, 1.82) is 5.26 Å². The van der Waals surface area contributed by atoms with Crippen molar-refractivity contribution in [2.75, 3.05) is 0 Å². The smallest absolute Gasteiger partial charge is 0.0701 e. The summed E-state index contributed by atoms with van der Waals surface area (Å²) in [6.07, 6.45) is 12.6. The van der Waals surface area contributed by atoms with Crippen LogP contribution in [0.5, 0.6) is 0 Å². The maximum Gasteiger partial charge on any atom is 0.0701 e. The number of allylic oxidation sites excluding steroid dienone is 5. The quantitative estimate of drug-likeness (QED) is 0.706. The third-order valence-electron chi connectivity index (χ3n) is 3.00. The van der Waals surface area contributed by atoms with Crippen LogP contribution in [0.1, 0.15) is 25.7 Å². The van der Waals surface area contributed by atoms with Crippen molar-refractivity contribution >= 4 is 0 Å². The van der Waals surface area contributed by atoms with Gasteiger partial charge in [-0.2, -0.15) is 5.26 Å². The Kier molecular flexibility index (Phi) is 3.03. The first kappa shape index (κ1) is 10.2. The Balaban J connectivity index is 2.20. The van der Waals surface area contributed by atoms with Crippen LogP contribution in [-0.2, 0) is 0 Å². The minimum atomic E-state index is 0.0454. The monoisotopic (exact) mass is 200 g/mol. The molecule has 0 heterocycles. The van der Waals surface area contributed by atoms with Crippen molar-refractivity contribution in [2.24, 2.45) is 11.7 Å². The fraction of sp³-hybridized carbons (Fsp3) is 0.462. The minimum Gasteiger partial charge on any atom is -0.324 e. The second-order valence-corrected chi connectivity index (χ2v) is 4.24. The van der Waals surface area contributed by atoms with Gasteiger partial charge in [-0.15, -0.1) is 0 Å². The van der Waals surface area contributed by atoms with Crippen LogP contribution in [0.15, 0.2) is 35.5 Å². The molecule has 0 fully saturated rings. The highest BCUT2D eigenvalue weighted by Gasteiger charge is 2.15. The molecule has 2 heteroatoms. The number of nitrogens with two attached hydrogens (primary N) is 1. The lowest BCUT2D eigenvalue weighted by Crippen LogP contribution is -2.21. The molecule has 2 rings (SSSR count). The molecule has 0 bridgehead atoms. The normalized spacial score (nSPS) is 30.4. The van der Waals surface area contributed by atoms with Gasteiger partial charge in [0, 0.05) is 6.04 Å². The average molecular weight is 200 g/mol. The maximum atomic E-state index is 8.89. The molecule has 2 N–H and O–H groups in total. The summed E-state index contributed by atoms with van der Waals surface area (Å²) in [4.78, 5) is 0. The second kappa shape index (κ2) is 4.46. The molecule has 2 atom stereocenters. The molecule has 0 aliphatic heterocycles. The predicted molar refractivity (Wildman–Crippen MR) is 60.9 cm³/mol. The van der Waals surface area contributed by atoms with E-state index in [-0.39, 0.29) is 12.0 Å². The standard InChI is InChI=1S/C13H16N2/c14-9-10-3-1-4-11(7-10)12-5-2-6-13(15)8-12/h1,4,7-8,10,13H,2-3,5-6,15H2. The maximum absolute atomic E-state index is 8.89. The highest BCUT2D eigenvalue weighted by Crippen LogP contribution is 2.28. The van der Waals surface area contributed by atoms with E-state index in [1.807, 2.05) is 0 Å². The van der Waals surface area contributed by atoms with Gasteiger partial charge in [-0.1, -0.05) is 24.3 Å². The van der Waals surface area contributed by atoms with Gasteiger partial charge >= 0.3 is 0 Å². The van der Waals surface area contributed by atoms with E-state index in [1.165, 1.54) is 11.1 Å². The third kappa shape index (κ3) is 2.37. The third-order valence-corrected chi connectivity index (χ3v) is 3.00. The first-order valence-electron chi connectivity index (χ1n) is 5.54. The van der Waals surface area contributed by atoms with Gasteiger partial charge in [0.25, 0.3) is 0 Å². The van der Waals surface area contributed by atoms with Gasteiger partial charge in [-0.05, 0) is 36.8 Å². The Bertz CT molecular complexity index is 368. The van der Waals surface area contributed by atoms with E-state index < -0.39 is 0 Å². The molecule has 78 valence electrons. The second-order valence-electron chi connectivity index (χ2n) is 4.24. The molecule has 0 saturated carbocycles. The largest absolute Gasteiger partial charge is 0.324 e. The number of rotatable bonds is 1. The first-order valence-corrected chi connectivity index (χ1v) is 5.54. The van der Waals surface area contributed by atoms with E-state index in [4.69, 9.17) is 11.0 Å². The van der Waals surface area contributed by atoms with Gasteiger partial charge in [0.2, 0.25) is 0 Å². The zero-order valence-corrected chi connectivity index (χ0v) is 8.82. The Morgan fingerprint density at radius 3 is 3.00 bits per heavy atom. The number of hydrogen-bond acceptors (Lipinski definition) is 2. The van der Waals surface area contributed by atoms with Crippen molar-refractivity contribution in [2.45, 2.75) is 31.7 Å². The molecule has 15 heavy (non-hydrogen) atoms. The van der Waals surface area contributed by atoms with E-state index in [2.05, 4.69) is 30.4 Å². The summed E-state index contributed by atoms with van der Waals surface area (Å²) < 4.78 is 0. The van der Waals surface area contributed by atoms with Crippen LogP contribution in [0, 0.1) is 17.2 Å². The number of hydrogen-bond donors (Lipinski definition) is 1. The van der Waals surface area contributed by atoms with Crippen molar-refractivity contribution in [3.05, 3.63) is 35.5 Å². The minimum absolute atomic E-state index is 0.0454. The Hall–Kier alpha value is -1.33. The van der Waals surface area contributed by atoms with E-state index in [0.717, 1.165) is 25.7 Å². The Labute approximate surface area is 90.8 Å². The van der Waals surface area contributed by atoms with Gasteiger partial charge < -0.3 is 5.73 Å². The molecule has 0 amide bonds. The van der Waals surface area contributed by atoms with Gasteiger partial charge in [0.15, 0.2) is 0 Å². The predicted octanol–water partition coefficient (Wildman–Crippen LogP) is 2.45. The number of nitriles is 1. The zero-order valence-electron chi connectivity index (χ0n) is 8.82. The van der Waals surface area contributed by atoms with Crippen molar-refractivity contribution < 1.29 is 0 Å². The Morgan fingerprint density at radius 1 is 1.40 bits per heavy atom. The van der Waals surface area contributed by atoms with Gasteiger partial charge in [0.1, 0.15) is 0 Å². The van der Waals surface area contributed by atoms with Crippen LogP contribution in [0.2, 0.25) is 0 Å². The molecule has 2 nitrogen and oxygen atoms in total. The summed E-state index contributed by atoms with van der Waals surface area (Å²) in [5.41, 5.74) is 8.44. The van der Waals surface area contributed by atoms with Crippen molar-refractivity contribution in [1.82, 2.24) is 0 Å². The summed E-state index contributed by atoms with van der Waals surface area (Å²) in [7, 11) is 0. The molecular weight excluding hydrogens is 184 g/mol. The molecule has 2 aliphatic rings. The van der Waals surface area contributed by atoms with Crippen LogP contribution in [-0.4, -0.2) is 6.04 Å². The highest BCUT2D eigenvalue weighted by molar-refractivity contribution is 5.44. The van der Waals surface area contributed by atoms with Crippen molar-refractivity contribution in [3.63, 3.8) is 0 Å². The van der Waals surface area contributed by atoms with Gasteiger partial charge in [-0.25, -0.2) is 0 Å². The summed E-state index contributed by atoms with van der Waals surface area (Å²) in [5, 5.41) is 8.89. The lowest BCUT2D eigenvalue weighted by Gasteiger charge is -2.20. The van der Waals surface area contributed by atoms with E-state index in [0.29, 0.717) is 0 Å². The summed E-state index contributed by atoms with van der Waals surface area (Å²) in [6, 6.07) is 2.50. The van der Waals surface area contributed by atoms with E-state index in [9.17, 15) is 0 Å². The lowest BCUT2D eigenvalue weighted by molar-refractivity contribution is 0.628. The lowest BCUT2D eigenvalue weighted by atomic mass is 9.86. The average Bonchev–Trinajstić information content (AvgIpc) is 2.29. The number of nitrogens with zero attached hydrogens (tertiary/aromatic N) is 1. The molecule has 0 radical (unpaired) electrons. The molecule has 2 unspecified atom stereocenters. The molecular formula is C13H16N2. The fourth-order valence-corrected chi connectivity index (χ4v) is 2.18. The molecule has 0 spiro atoms. The van der Waals surface area contributed by atoms with Crippen LogP contribution in [0.4, 0.5) is 0 Å². The molecule has 2 aliphatic carbocycles. The van der Waals surface area contributed by atoms with Gasteiger partial charge in [-0.3, -0.25) is 0 Å². The topological polar surface area (TPSA) is 49.8 Å². The molecule has 0 aromatic rings. The SMILES string of the molecule is N#CC1C=C(C2=CC(N)CCC2)C=CC1. The van der Waals surface area contributed by atoms with Crippen LogP contribution in [0.3, 0.4) is 0 Å². The van der Waals surface area contributed by atoms with Crippen LogP contribution in [0.25, 0.3) is 0 Å². The van der Waals surface area contributed by atoms with Crippen LogP contribution < -0.4 is 5.73 Å². The van der Waals surface area contributed by atoms with Crippen molar-refractivity contribution in [3.8, 4) is 6.07 Å². The summed E-state index contributed by atoms with van der Waals surface area (Å²) >= 11 is 0. The fourth-order valence-electron chi connectivity index (χ4n) is 2.18. The molecule has 0 saturated heterocycles. The first-order chi connectivity index (χ1) is 7.29. The van der Waals surface area contributed by atoms with Gasteiger partial charge in [0.05, 0.1) is 12.0 Å². The highest BCUT2D eigenvalue weighted by atomic mass is 14.6. The zero-order chi connectivity index (χ0) is 10.7. The summed E-state index contributed by atoms with van der Waals surface area (Å²) in [5.74, 6) is 0.0454. The summed E-state index contributed by atoms with van der Waals surface area (Å²) in [6.45, 7) is 0. The van der Waals surface area contributed by atoms with E-state index in [1.54, 1.807) is 0 Å². The molecule has 0 aromatic heterocycles. The van der Waals surface area contributed by atoms with Crippen LogP contribution >= 0.6 is 0 Å².